The SMILES string of the molecule is COc1cccc(/C=N\NC(=O)c2ccc(NC(=O)c3sc4cc([N+](=O)[O-])ccc4c3Cl)cc2)c1. The highest BCUT2D eigenvalue weighted by Crippen LogP contribution is 2.37. The maximum Gasteiger partial charge on any atom is 0.271 e. The number of hydrogen-bond acceptors (Lipinski definition) is 7. The van der Waals surface area contributed by atoms with Crippen LogP contribution in [0.25, 0.3) is 10.1 Å². The van der Waals surface area contributed by atoms with Crippen LogP contribution in [0.15, 0.2) is 71.8 Å². The predicted octanol–water partition coefficient (Wildman–Crippen LogP) is 5.49. The zero-order chi connectivity index (χ0) is 24.9. The molecule has 1 heterocycles. The van der Waals surface area contributed by atoms with Gasteiger partial charge in [-0.1, -0.05) is 23.7 Å². The number of benzene rings is 3. The van der Waals surface area contributed by atoms with Gasteiger partial charge in [0.25, 0.3) is 17.5 Å². The second kappa shape index (κ2) is 10.3. The number of rotatable bonds is 7. The van der Waals surface area contributed by atoms with Crippen LogP contribution in [-0.2, 0) is 0 Å². The summed E-state index contributed by atoms with van der Waals surface area (Å²) in [6.45, 7) is 0. The van der Waals surface area contributed by atoms with Gasteiger partial charge in [0.1, 0.15) is 10.6 Å². The van der Waals surface area contributed by atoms with E-state index >= 15 is 0 Å². The molecule has 0 radical (unpaired) electrons. The molecule has 0 saturated carbocycles. The lowest BCUT2D eigenvalue weighted by molar-refractivity contribution is -0.384. The maximum atomic E-state index is 12.7. The van der Waals surface area contributed by atoms with Gasteiger partial charge in [-0.05, 0) is 48.0 Å². The van der Waals surface area contributed by atoms with Crippen LogP contribution in [0.3, 0.4) is 0 Å². The summed E-state index contributed by atoms with van der Waals surface area (Å²) in [6, 6.07) is 17.7. The van der Waals surface area contributed by atoms with E-state index in [4.69, 9.17) is 16.3 Å². The fourth-order valence-electron chi connectivity index (χ4n) is 3.16. The molecule has 0 aliphatic carbocycles. The topological polar surface area (TPSA) is 123 Å². The van der Waals surface area contributed by atoms with E-state index in [0.717, 1.165) is 16.9 Å². The number of non-ortho nitro benzene ring substituents is 1. The molecule has 0 bridgehead atoms. The average Bonchev–Trinajstić information content (AvgIpc) is 3.20. The monoisotopic (exact) mass is 508 g/mol. The van der Waals surface area contributed by atoms with Crippen LogP contribution >= 0.6 is 22.9 Å². The molecule has 2 amide bonds. The summed E-state index contributed by atoms with van der Waals surface area (Å²) < 4.78 is 5.68. The third-order valence-electron chi connectivity index (χ3n) is 4.91. The molecule has 3 aromatic carbocycles. The van der Waals surface area contributed by atoms with Crippen LogP contribution in [0.4, 0.5) is 11.4 Å². The molecule has 0 spiro atoms. The molecule has 11 heteroatoms. The lowest BCUT2D eigenvalue weighted by atomic mass is 10.2. The molecule has 4 rings (SSSR count). The maximum absolute atomic E-state index is 12.7. The van der Waals surface area contributed by atoms with Crippen LogP contribution < -0.4 is 15.5 Å². The normalized spacial score (nSPS) is 10.9. The molecule has 0 aliphatic heterocycles. The Morgan fingerprint density at radius 2 is 1.86 bits per heavy atom. The van der Waals surface area contributed by atoms with Crippen LogP contribution in [0.1, 0.15) is 25.6 Å². The van der Waals surface area contributed by atoms with E-state index in [1.54, 1.807) is 43.5 Å². The molecule has 0 atom stereocenters. The number of fused-ring (bicyclic) bond motifs is 1. The zero-order valence-electron chi connectivity index (χ0n) is 18.2. The van der Waals surface area contributed by atoms with Gasteiger partial charge in [0, 0.05) is 33.5 Å². The Labute approximate surface area is 208 Å². The number of nitro groups is 1. The van der Waals surface area contributed by atoms with E-state index in [1.165, 1.54) is 24.4 Å². The molecule has 1 aromatic heterocycles. The molecule has 0 saturated heterocycles. The Morgan fingerprint density at radius 3 is 2.57 bits per heavy atom. The van der Waals surface area contributed by atoms with Gasteiger partial charge in [-0.25, -0.2) is 5.43 Å². The Morgan fingerprint density at radius 1 is 1.09 bits per heavy atom. The first kappa shape index (κ1) is 23.9. The Kier molecular flexibility index (Phi) is 7.04. The summed E-state index contributed by atoms with van der Waals surface area (Å²) in [6.07, 6.45) is 1.50. The quantitative estimate of drug-likeness (QED) is 0.194. The number of nitrogens with zero attached hydrogens (tertiary/aromatic N) is 2. The van der Waals surface area contributed by atoms with E-state index in [0.29, 0.717) is 27.1 Å². The third kappa shape index (κ3) is 5.45. The fourth-order valence-corrected chi connectivity index (χ4v) is 4.60. The van der Waals surface area contributed by atoms with E-state index in [-0.39, 0.29) is 15.6 Å². The number of carbonyl (C=O) groups is 2. The Bertz CT molecular complexity index is 1470. The van der Waals surface area contributed by atoms with Gasteiger partial charge < -0.3 is 10.1 Å². The minimum atomic E-state index is -0.505. The molecule has 4 aromatic rings. The van der Waals surface area contributed by atoms with Gasteiger partial charge in [0.05, 0.1) is 23.3 Å². The molecule has 2 N–H and O–H groups in total. The Hall–Kier alpha value is -4.28. The number of thiophene rings is 1. The van der Waals surface area contributed by atoms with Crippen molar-refractivity contribution in [2.24, 2.45) is 5.10 Å². The molecule has 0 fully saturated rings. The van der Waals surface area contributed by atoms with Crippen LogP contribution in [0.2, 0.25) is 5.02 Å². The van der Waals surface area contributed by atoms with Gasteiger partial charge >= 0.3 is 0 Å². The second-order valence-corrected chi connectivity index (χ2v) is 8.62. The van der Waals surface area contributed by atoms with Gasteiger partial charge in [-0.15, -0.1) is 11.3 Å². The number of amides is 2. The molecule has 9 nitrogen and oxygen atoms in total. The number of nitrogens with one attached hydrogen (secondary N) is 2. The second-order valence-electron chi connectivity index (χ2n) is 7.19. The predicted molar refractivity (Wildman–Crippen MR) is 136 cm³/mol. The van der Waals surface area contributed by atoms with Gasteiger partial charge in [-0.3, -0.25) is 19.7 Å². The van der Waals surface area contributed by atoms with Gasteiger partial charge in [0.15, 0.2) is 0 Å². The summed E-state index contributed by atoms with van der Waals surface area (Å²) in [5, 5.41) is 18.4. The highest BCUT2D eigenvalue weighted by atomic mass is 35.5. The molecular weight excluding hydrogens is 492 g/mol. The molecular formula is C24H17ClN4O5S. The first-order chi connectivity index (χ1) is 16.9. The summed E-state index contributed by atoms with van der Waals surface area (Å²) in [7, 11) is 1.56. The zero-order valence-corrected chi connectivity index (χ0v) is 19.7. The first-order valence-electron chi connectivity index (χ1n) is 10.1. The summed E-state index contributed by atoms with van der Waals surface area (Å²) in [4.78, 5) is 35.8. The van der Waals surface area contributed by atoms with E-state index < -0.39 is 16.7 Å². The van der Waals surface area contributed by atoms with E-state index in [2.05, 4.69) is 15.8 Å². The highest BCUT2D eigenvalue weighted by molar-refractivity contribution is 7.21. The van der Waals surface area contributed by atoms with Gasteiger partial charge in [0.2, 0.25) is 0 Å². The van der Waals surface area contributed by atoms with Crippen molar-refractivity contribution in [3.8, 4) is 5.75 Å². The van der Waals surface area contributed by atoms with Crippen molar-refractivity contribution < 1.29 is 19.2 Å². The van der Waals surface area contributed by atoms with Crippen molar-refractivity contribution in [3.05, 3.63) is 97.9 Å². The molecule has 0 unspecified atom stereocenters. The summed E-state index contributed by atoms with van der Waals surface area (Å²) in [5.41, 5.74) is 3.92. The highest BCUT2D eigenvalue weighted by Gasteiger charge is 2.19. The van der Waals surface area contributed by atoms with Crippen molar-refractivity contribution in [2.45, 2.75) is 0 Å². The van der Waals surface area contributed by atoms with Crippen molar-refractivity contribution >= 4 is 62.4 Å². The fraction of sp³-hybridized carbons (Fsp3) is 0.0417. The first-order valence-corrected chi connectivity index (χ1v) is 11.3. The number of halogens is 1. The van der Waals surface area contributed by atoms with Crippen molar-refractivity contribution in [1.82, 2.24) is 5.43 Å². The number of carbonyl (C=O) groups excluding carboxylic acids is 2. The van der Waals surface area contributed by atoms with Gasteiger partial charge in [-0.2, -0.15) is 5.10 Å². The molecule has 35 heavy (non-hydrogen) atoms. The van der Waals surface area contributed by atoms with Crippen molar-refractivity contribution in [1.29, 1.82) is 0 Å². The minimum absolute atomic E-state index is 0.0796. The smallest absolute Gasteiger partial charge is 0.271 e. The lowest BCUT2D eigenvalue weighted by Gasteiger charge is -2.05. The number of anilines is 1. The number of hydrazone groups is 1. The summed E-state index contributed by atoms with van der Waals surface area (Å²) >= 11 is 7.40. The third-order valence-corrected chi connectivity index (χ3v) is 6.56. The average molecular weight is 509 g/mol. The van der Waals surface area contributed by atoms with Crippen LogP contribution in [0, 0.1) is 10.1 Å². The van der Waals surface area contributed by atoms with E-state index in [1.807, 2.05) is 12.1 Å². The standard InChI is InChI=1S/C24H17ClN4O5S/c1-34-18-4-2-3-14(11-18)13-26-28-23(30)15-5-7-16(8-6-15)27-24(31)22-21(25)19-10-9-17(29(32)33)12-20(19)35-22/h2-13H,1H3,(H,27,31)(H,28,30)/b26-13-. The Balaban J connectivity index is 1.41. The largest absolute Gasteiger partial charge is 0.497 e. The summed E-state index contributed by atoms with van der Waals surface area (Å²) in [5.74, 6) is -0.203. The number of ether oxygens (including phenoxy) is 1. The van der Waals surface area contributed by atoms with Crippen molar-refractivity contribution in [3.63, 3.8) is 0 Å². The van der Waals surface area contributed by atoms with Crippen molar-refractivity contribution in [2.75, 3.05) is 12.4 Å². The lowest BCUT2D eigenvalue weighted by Crippen LogP contribution is -2.17. The number of methoxy groups -OCH3 is 1. The number of hydrogen-bond donors (Lipinski definition) is 2. The van der Waals surface area contributed by atoms with E-state index in [9.17, 15) is 19.7 Å². The number of nitro benzene ring substituents is 1. The van der Waals surface area contributed by atoms with Crippen LogP contribution in [-0.4, -0.2) is 30.1 Å². The van der Waals surface area contributed by atoms with Crippen LogP contribution in [0.5, 0.6) is 5.75 Å². The minimum Gasteiger partial charge on any atom is -0.497 e. The molecule has 0 aliphatic rings. The molecule has 176 valence electrons.